The Morgan fingerprint density at radius 2 is 2.00 bits per heavy atom. The van der Waals surface area contributed by atoms with Gasteiger partial charge in [0.25, 0.3) is 0 Å². The van der Waals surface area contributed by atoms with Crippen molar-refractivity contribution < 1.29 is 4.42 Å². The Kier molecular flexibility index (Phi) is 8.96. The Labute approximate surface area is 145 Å². The monoisotopic (exact) mass is 408 g/mol. The van der Waals surface area contributed by atoms with Crippen LogP contribution in [0.5, 0.6) is 0 Å². The zero-order valence-electron chi connectivity index (χ0n) is 13.7. The van der Waals surface area contributed by atoms with E-state index in [9.17, 15) is 0 Å². The van der Waals surface area contributed by atoms with Gasteiger partial charge in [-0.15, -0.1) is 24.0 Å². The molecule has 1 unspecified atom stereocenters. The van der Waals surface area contributed by atoms with Crippen molar-refractivity contribution in [3.63, 3.8) is 0 Å². The molecule has 0 bridgehead atoms. The summed E-state index contributed by atoms with van der Waals surface area (Å²) in [5, 5.41) is 3.17. The molecule has 0 radical (unpaired) electrons. The van der Waals surface area contributed by atoms with E-state index in [0.717, 1.165) is 18.8 Å². The lowest BCUT2D eigenvalue weighted by atomic mass is 10.1. The van der Waals surface area contributed by atoms with Gasteiger partial charge in [0.05, 0.1) is 18.8 Å². The van der Waals surface area contributed by atoms with Gasteiger partial charge in [-0.05, 0) is 46.0 Å². The van der Waals surface area contributed by atoms with Gasteiger partial charge >= 0.3 is 0 Å². The lowest BCUT2D eigenvalue weighted by molar-refractivity contribution is 0.198. The number of nitrogens with two attached hydrogens (primary N) is 1. The van der Waals surface area contributed by atoms with Gasteiger partial charge < -0.3 is 15.5 Å². The maximum atomic E-state index is 5.93. The van der Waals surface area contributed by atoms with Crippen molar-refractivity contribution in [2.24, 2.45) is 10.7 Å². The van der Waals surface area contributed by atoms with Gasteiger partial charge in [0.1, 0.15) is 5.76 Å². The highest BCUT2D eigenvalue weighted by atomic mass is 127. The Morgan fingerprint density at radius 1 is 1.38 bits per heavy atom. The third kappa shape index (κ3) is 7.17. The molecular formula is C15H29IN4O. The van der Waals surface area contributed by atoms with E-state index in [1.165, 1.54) is 0 Å². The molecule has 0 saturated heterocycles. The van der Waals surface area contributed by atoms with E-state index in [0.29, 0.717) is 12.5 Å². The van der Waals surface area contributed by atoms with Crippen LogP contribution in [-0.4, -0.2) is 36.0 Å². The summed E-state index contributed by atoms with van der Waals surface area (Å²) in [4.78, 5) is 6.78. The van der Waals surface area contributed by atoms with Crippen LogP contribution in [0.15, 0.2) is 27.8 Å². The maximum Gasteiger partial charge on any atom is 0.189 e. The van der Waals surface area contributed by atoms with Gasteiger partial charge in [-0.2, -0.15) is 0 Å². The van der Waals surface area contributed by atoms with Crippen LogP contribution >= 0.6 is 24.0 Å². The summed E-state index contributed by atoms with van der Waals surface area (Å²) in [5.41, 5.74) is 5.85. The number of halogens is 1. The van der Waals surface area contributed by atoms with Gasteiger partial charge in [0.15, 0.2) is 5.96 Å². The van der Waals surface area contributed by atoms with Crippen molar-refractivity contribution in [3.05, 3.63) is 24.2 Å². The average Bonchev–Trinajstić information content (AvgIpc) is 2.85. The molecule has 0 aliphatic carbocycles. The minimum atomic E-state index is -0.0804. The Hall–Kier alpha value is -0.760. The van der Waals surface area contributed by atoms with Gasteiger partial charge in [-0.3, -0.25) is 9.89 Å². The minimum absolute atomic E-state index is 0. The molecule has 1 rings (SSSR count). The molecular weight excluding hydrogens is 379 g/mol. The second-order valence-corrected chi connectivity index (χ2v) is 5.85. The fraction of sp³-hybridized carbons (Fsp3) is 0.667. The molecule has 0 amide bonds. The molecule has 1 aromatic heterocycles. The SMILES string of the molecule is CCN(CC)C(CN=C(N)NC(C)(C)C)c1ccco1.I. The van der Waals surface area contributed by atoms with Crippen molar-refractivity contribution in [2.45, 2.75) is 46.2 Å². The normalized spacial score (nSPS) is 13.9. The molecule has 21 heavy (non-hydrogen) atoms. The number of likely N-dealkylation sites (N-methyl/N-ethyl adjacent to an activating group) is 1. The van der Waals surface area contributed by atoms with Crippen LogP contribution < -0.4 is 11.1 Å². The van der Waals surface area contributed by atoms with Crippen molar-refractivity contribution in [3.8, 4) is 0 Å². The Morgan fingerprint density at radius 3 is 2.43 bits per heavy atom. The number of hydrogen-bond acceptors (Lipinski definition) is 3. The predicted octanol–water partition coefficient (Wildman–Crippen LogP) is 2.98. The molecule has 6 heteroatoms. The Balaban J connectivity index is 0.00000400. The molecule has 0 aliphatic heterocycles. The summed E-state index contributed by atoms with van der Waals surface area (Å²) >= 11 is 0. The number of guanidine groups is 1. The zero-order valence-corrected chi connectivity index (χ0v) is 16.0. The van der Waals surface area contributed by atoms with Crippen LogP contribution in [0, 0.1) is 0 Å². The average molecular weight is 408 g/mol. The quantitative estimate of drug-likeness (QED) is 0.432. The lowest BCUT2D eigenvalue weighted by Crippen LogP contribution is -2.45. The second kappa shape index (κ2) is 9.30. The molecule has 0 saturated carbocycles. The second-order valence-electron chi connectivity index (χ2n) is 5.85. The minimum Gasteiger partial charge on any atom is -0.468 e. The van der Waals surface area contributed by atoms with E-state index in [2.05, 4.69) is 49.8 Å². The van der Waals surface area contributed by atoms with Crippen molar-refractivity contribution >= 4 is 29.9 Å². The smallest absolute Gasteiger partial charge is 0.189 e. The molecule has 0 aliphatic rings. The summed E-state index contributed by atoms with van der Waals surface area (Å²) in [6.07, 6.45) is 1.70. The highest BCUT2D eigenvalue weighted by molar-refractivity contribution is 14.0. The predicted molar refractivity (Wildman–Crippen MR) is 99.2 cm³/mol. The highest BCUT2D eigenvalue weighted by Gasteiger charge is 2.20. The lowest BCUT2D eigenvalue weighted by Gasteiger charge is -2.27. The molecule has 1 atom stereocenters. The van der Waals surface area contributed by atoms with E-state index in [1.807, 2.05) is 12.1 Å². The molecule has 5 nitrogen and oxygen atoms in total. The van der Waals surface area contributed by atoms with Gasteiger partial charge in [-0.1, -0.05) is 13.8 Å². The highest BCUT2D eigenvalue weighted by Crippen LogP contribution is 2.21. The summed E-state index contributed by atoms with van der Waals surface area (Å²) < 4.78 is 5.54. The summed E-state index contributed by atoms with van der Waals surface area (Å²) in [6, 6.07) is 4.03. The molecule has 0 spiro atoms. The number of rotatable bonds is 6. The van der Waals surface area contributed by atoms with E-state index >= 15 is 0 Å². The van der Waals surface area contributed by atoms with Crippen molar-refractivity contribution in [1.29, 1.82) is 0 Å². The maximum absolute atomic E-state index is 5.93. The van der Waals surface area contributed by atoms with Crippen molar-refractivity contribution in [1.82, 2.24) is 10.2 Å². The first-order valence-corrected chi connectivity index (χ1v) is 7.23. The van der Waals surface area contributed by atoms with E-state index < -0.39 is 0 Å². The largest absolute Gasteiger partial charge is 0.468 e. The van der Waals surface area contributed by atoms with Gasteiger partial charge in [-0.25, -0.2) is 0 Å². The standard InChI is InChI=1S/C15H28N4O.HI/c1-6-19(7-2)12(13-9-8-10-20-13)11-17-14(16)18-15(3,4)5;/h8-10,12H,6-7,11H2,1-5H3,(H3,16,17,18);1H. The fourth-order valence-electron chi connectivity index (χ4n) is 2.14. The van der Waals surface area contributed by atoms with Gasteiger partial charge in [0, 0.05) is 5.54 Å². The number of hydrogen-bond donors (Lipinski definition) is 2. The molecule has 1 heterocycles. The summed E-state index contributed by atoms with van der Waals surface area (Å²) in [7, 11) is 0. The van der Waals surface area contributed by atoms with Crippen LogP contribution in [0.4, 0.5) is 0 Å². The number of nitrogens with one attached hydrogen (secondary N) is 1. The topological polar surface area (TPSA) is 66.8 Å². The third-order valence-electron chi connectivity index (χ3n) is 3.06. The van der Waals surface area contributed by atoms with E-state index in [4.69, 9.17) is 10.2 Å². The first-order valence-electron chi connectivity index (χ1n) is 7.23. The van der Waals surface area contributed by atoms with Crippen LogP contribution in [0.3, 0.4) is 0 Å². The third-order valence-corrected chi connectivity index (χ3v) is 3.06. The van der Waals surface area contributed by atoms with E-state index in [-0.39, 0.29) is 35.6 Å². The van der Waals surface area contributed by atoms with Crippen LogP contribution in [0.2, 0.25) is 0 Å². The van der Waals surface area contributed by atoms with Crippen LogP contribution in [0.1, 0.15) is 46.4 Å². The number of furan rings is 1. The number of aliphatic imine (C=N–C) groups is 1. The van der Waals surface area contributed by atoms with E-state index in [1.54, 1.807) is 6.26 Å². The van der Waals surface area contributed by atoms with Crippen molar-refractivity contribution in [2.75, 3.05) is 19.6 Å². The Bertz CT molecular complexity index is 408. The molecule has 3 N–H and O–H groups in total. The molecule has 1 aromatic rings. The fourth-order valence-corrected chi connectivity index (χ4v) is 2.14. The van der Waals surface area contributed by atoms with Gasteiger partial charge in [0.2, 0.25) is 0 Å². The van der Waals surface area contributed by atoms with Crippen LogP contribution in [-0.2, 0) is 0 Å². The molecule has 0 aromatic carbocycles. The first-order chi connectivity index (χ1) is 9.37. The van der Waals surface area contributed by atoms with Crippen LogP contribution in [0.25, 0.3) is 0 Å². The first kappa shape index (κ1) is 20.2. The summed E-state index contributed by atoms with van der Waals surface area (Å²) in [6.45, 7) is 12.9. The number of nitrogens with zero attached hydrogens (tertiary/aromatic N) is 2. The zero-order chi connectivity index (χ0) is 15.2. The molecule has 122 valence electrons. The summed E-state index contributed by atoms with van der Waals surface area (Å²) in [5.74, 6) is 1.40. The molecule has 0 fully saturated rings.